The summed E-state index contributed by atoms with van der Waals surface area (Å²) in [5.41, 5.74) is 2.54. The fourth-order valence-corrected chi connectivity index (χ4v) is 1.54. The van der Waals surface area contributed by atoms with Crippen LogP contribution in [0.2, 0.25) is 0 Å². The van der Waals surface area contributed by atoms with E-state index in [4.69, 9.17) is 4.74 Å². The number of aryl methyl sites for hydroxylation is 1. The molecule has 0 saturated carbocycles. The summed E-state index contributed by atoms with van der Waals surface area (Å²) in [7, 11) is 0. The maximum atomic E-state index is 11.3. The average molecular weight is 235 g/mol. The van der Waals surface area contributed by atoms with Crippen LogP contribution >= 0.6 is 0 Å². The Morgan fingerprint density at radius 3 is 2.59 bits per heavy atom. The normalized spacial score (nSPS) is 12.2. The SMILES string of the molecule is CCOC(=O)[C@H](C)NCCc1ccc(C)cc1. The molecule has 0 bridgehead atoms. The Balaban J connectivity index is 2.27. The Bertz CT molecular complexity index is 346. The molecule has 94 valence electrons. The van der Waals surface area contributed by atoms with Gasteiger partial charge in [-0.05, 0) is 39.3 Å². The average Bonchev–Trinajstić information content (AvgIpc) is 2.32. The lowest BCUT2D eigenvalue weighted by molar-refractivity contribution is -0.145. The largest absolute Gasteiger partial charge is 0.465 e. The molecule has 0 aromatic heterocycles. The monoisotopic (exact) mass is 235 g/mol. The maximum absolute atomic E-state index is 11.3. The third kappa shape index (κ3) is 5.00. The minimum absolute atomic E-state index is 0.184. The van der Waals surface area contributed by atoms with E-state index in [1.54, 1.807) is 0 Å². The highest BCUT2D eigenvalue weighted by Crippen LogP contribution is 2.03. The van der Waals surface area contributed by atoms with Crippen LogP contribution in [0, 0.1) is 6.92 Å². The fraction of sp³-hybridized carbons (Fsp3) is 0.500. The van der Waals surface area contributed by atoms with Crippen molar-refractivity contribution in [2.45, 2.75) is 33.2 Å². The first-order valence-corrected chi connectivity index (χ1v) is 6.09. The second kappa shape index (κ2) is 7.07. The summed E-state index contributed by atoms with van der Waals surface area (Å²) in [6, 6.07) is 8.20. The third-order valence-corrected chi connectivity index (χ3v) is 2.62. The summed E-state index contributed by atoms with van der Waals surface area (Å²) in [6.45, 7) is 6.93. The van der Waals surface area contributed by atoms with Gasteiger partial charge in [-0.15, -0.1) is 0 Å². The second-order valence-corrected chi connectivity index (χ2v) is 4.16. The van der Waals surface area contributed by atoms with Crippen LogP contribution in [0.5, 0.6) is 0 Å². The molecule has 17 heavy (non-hydrogen) atoms. The minimum atomic E-state index is -0.236. The Hall–Kier alpha value is -1.35. The van der Waals surface area contributed by atoms with Gasteiger partial charge in [0.15, 0.2) is 0 Å². The van der Waals surface area contributed by atoms with E-state index in [1.165, 1.54) is 11.1 Å². The van der Waals surface area contributed by atoms with Gasteiger partial charge in [-0.2, -0.15) is 0 Å². The minimum Gasteiger partial charge on any atom is -0.465 e. The molecule has 1 N–H and O–H groups in total. The lowest BCUT2D eigenvalue weighted by Gasteiger charge is -2.12. The number of benzene rings is 1. The highest BCUT2D eigenvalue weighted by atomic mass is 16.5. The van der Waals surface area contributed by atoms with Crippen molar-refractivity contribution in [2.75, 3.05) is 13.2 Å². The molecular formula is C14H21NO2. The summed E-state index contributed by atoms with van der Waals surface area (Å²) in [6.07, 6.45) is 0.921. The van der Waals surface area contributed by atoms with Crippen LogP contribution in [-0.2, 0) is 16.0 Å². The summed E-state index contributed by atoms with van der Waals surface area (Å²) in [5.74, 6) is -0.184. The second-order valence-electron chi connectivity index (χ2n) is 4.16. The van der Waals surface area contributed by atoms with Gasteiger partial charge in [0.1, 0.15) is 6.04 Å². The van der Waals surface area contributed by atoms with E-state index in [9.17, 15) is 4.79 Å². The molecule has 0 unspecified atom stereocenters. The third-order valence-electron chi connectivity index (χ3n) is 2.62. The van der Waals surface area contributed by atoms with Crippen LogP contribution in [0.15, 0.2) is 24.3 Å². The predicted molar refractivity (Wildman–Crippen MR) is 69.0 cm³/mol. The smallest absolute Gasteiger partial charge is 0.322 e. The van der Waals surface area contributed by atoms with E-state index < -0.39 is 0 Å². The maximum Gasteiger partial charge on any atom is 0.322 e. The lowest BCUT2D eigenvalue weighted by Crippen LogP contribution is -2.36. The molecule has 0 spiro atoms. The lowest BCUT2D eigenvalue weighted by atomic mass is 10.1. The van der Waals surface area contributed by atoms with Crippen LogP contribution < -0.4 is 5.32 Å². The van der Waals surface area contributed by atoms with E-state index in [-0.39, 0.29) is 12.0 Å². The quantitative estimate of drug-likeness (QED) is 0.767. The van der Waals surface area contributed by atoms with Crippen molar-refractivity contribution in [2.24, 2.45) is 0 Å². The Morgan fingerprint density at radius 2 is 2.00 bits per heavy atom. The van der Waals surface area contributed by atoms with Crippen molar-refractivity contribution < 1.29 is 9.53 Å². The number of carbonyl (C=O) groups is 1. The van der Waals surface area contributed by atoms with E-state index >= 15 is 0 Å². The van der Waals surface area contributed by atoms with E-state index in [0.29, 0.717) is 6.61 Å². The molecule has 0 amide bonds. The summed E-state index contributed by atoms with van der Waals surface area (Å²) >= 11 is 0. The van der Waals surface area contributed by atoms with Gasteiger partial charge in [-0.3, -0.25) is 4.79 Å². The number of hydrogen-bond acceptors (Lipinski definition) is 3. The van der Waals surface area contributed by atoms with E-state index in [2.05, 4.69) is 36.5 Å². The first kappa shape index (κ1) is 13.7. The fourth-order valence-electron chi connectivity index (χ4n) is 1.54. The van der Waals surface area contributed by atoms with E-state index in [0.717, 1.165) is 13.0 Å². The number of esters is 1. The van der Waals surface area contributed by atoms with Crippen LogP contribution in [0.1, 0.15) is 25.0 Å². The summed E-state index contributed by atoms with van der Waals surface area (Å²) in [5, 5.41) is 3.16. The predicted octanol–water partition coefficient (Wildman–Crippen LogP) is 2.08. The van der Waals surface area contributed by atoms with Gasteiger partial charge in [0.2, 0.25) is 0 Å². The first-order chi connectivity index (χ1) is 8.13. The topological polar surface area (TPSA) is 38.3 Å². The van der Waals surface area contributed by atoms with E-state index in [1.807, 2.05) is 13.8 Å². The molecule has 3 heteroatoms. The molecule has 1 atom stereocenters. The van der Waals surface area contributed by atoms with Gasteiger partial charge in [0.05, 0.1) is 6.61 Å². The number of ether oxygens (including phenoxy) is 1. The molecule has 3 nitrogen and oxygen atoms in total. The molecule has 1 rings (SSSR count). The van der Waals surface area contributed by atoms with Crippen molar-refractivity contribution in [1.29, 1.82) is 0 Å². The molecular weight excluding hydrogens is 214 g/mol. The van der Waals surface area contributed by atoms with Gasteiger partial charge in [-0.25, -0.2) is 0 Å². The first-order valence-electron chi connectivity index (χ1n) is 6.09. The van der Waals surface area contributed by atoms with Gasteiger partial charge >= 0.3 is 5.97 Å². The summed E-state index contributed by atoms with van der Waals surface area (Å²) in [4.78, 5) is 11.3. The molecule has 0 heterocycles. The van der Waals surface area contributed by atoms with Crippen molar-refractivity contribution in [1.82, 2.24) is 5.32 Å². The highest BCUT2D eigenvalue weighted by Gasteiger charge is 2.11. The molecule has 0 fully saturated rings. The standard InChI is InChI=1S/C14H21NO2/c1-4-17-14(16)12(3)15-10-9-13-7-5-11(2)6-8-13/h5-8,12,15H,4,9-10H2,1-3H3/t12-/m0/s1. The number of rotatable bonds is 6. The van der Waals surface area contributed by atoms with Crippen LogP contribution in [-0.4, -0.2) is 25.2 Å². The van der Waals surface area contributed by atoms with Gasteiger partial charge in [0.25, 0.3) is 0 Å². The Labute approximate surface area is 103 Å². The van der Waals surface area contributed by atoms with Crippen molar-refractivity contribution in [3.63, 3.8) is 0 Å². The summed E-state index contributed by atoms with van der Waals surface area (Å²) < 4.78 is 4.92. The van der Waals surface area contributed by atoms with Crippen molar-refractivity contribution in [3.8, 4) is 0 Å². The molecule has 1 aromatic rings. The molecule has 0 aliphatic carbocycles. The van der Waals surface area contributed by atoms with Crippen LogP contribution in [0.4, 0.5) is 0 Å². The van der Waals surface area contributed by atoms with Crippen molar-refractivity contribution >= 4 is 5.97 Å². The zero-order valence-corrected chi connectivity index (χ0v) is 10.8. The number of carbonyl (C=O) groups excluding carboxylic acids is 1. The molecule has 1 aromatic carbocycles. The highest BCUT2D eigenvalue weighted by molar-refractivity contribution is 5.75. The van der Waals surface area contributed by atoms with Crippen LogP contribution in [0.3, 0.4) is 0 Å². The van der Waals surface area contributed by atoms with Gasteiger partial charge < -0.3 is 10.1 Å². The molecule has 0 saturated heterocycles. The molecule has 0 radical (unpaired) electrons. The number of hydrogen-bond donors (Lipinski definition) is 1. The zero-order valence-electron chi connectivity index (χ0n) is 10.8. The molecule has 0 aliphatic rings. The zero-order chi connectivity index (χ0) is 12.7. The Kier molecular flexibility index (Phi) is 5.70. The number of nitrogens with one attached hydrogen (secondary N) is 1. The Morgan fingerprint density at radius 1 is 1.35 bits per heavy atom. The van der Waals surface area contributed by atoms with Gasteiger partial charge in [0, 0.05) is 0 Å². The van der Waals surface area contributed by atoms with Crippen molar-refractivity contribution in [3.05, 3.63) is 35.4 Å². The molecule has 0 aliphatic heterocycles. The van der Waals surface area contributed by atoms with Gasteiger partial charge in [-0.1, -0.05) is 29.8 Å². The van der Waals surface area contributed by atoms with Crippen LogP contribution in [0.25, 0.3) is 0 Å².